The molecular formula is C6H3BF2Na2O2. The molecule has 1 aromatic carbocycles. The van der Waals surface area contributed by atoms with E-state index in [1.165, 1.54) is 0 Å². The van der Waals surface area contributed by atoms with Crippen LogP contribution in [0.5, 0.6) is 0 Å². The van der Waals surface area contributed by atoms with Crippen molar-refractivity contribution >= 4 is 12.6 Å². The molecule has 2 nitrogen and oxygen atoms in total. The molecule has 0 N–H and O–H groups in total. The Kier molecular flexibility index (Phi) is 9.35. The zero-order valence-electron chi connectivity index (χ0n) is 7.38. The molecule has 0 aliphatic carbocycles. The summed E-state index contributed by atoms with van der Waals surface area (Å²) in [7, 11) is -2.39. The van der Waals surface area contributed by atoms with E-state index in [0.29, 0.717) is 6.07 Å². The van der Waals surface area contributed by atoms with Gasteiger partial charge in [-0.05, 0) is 6.07 Å². The average Bonchev–Trinajstić information content (AvgIpc) is 1.85. The standard InChI is InChI=1S/C6H3BF2O2.2Na/c8-4-1-2-5(7(10)11)6(9)3-4;;/h1-3H;;/q-2;2*+1. The van der Waals surface area contributed by atoms with E-state index in [1.54, 1.807) is 0 Å². The van der Waals surface area contributed by atoms with E-state index in [-0.39, 0.29) is 59.1 Å². The van der Waals surface area contributed by atoms with Gasteiger partial charge < -0.3 is 10.0 Å². The van der Waals surface area contributed by atoms with Gasteiger partial charge >= 0.3 is 59.1 Å². The van der Waals surface area contributed by atoms with E-state index in [2.05, 4.69) is 0 Å². The Morgan fingerprint density at radius 1 is 1.08 bits per heavy atom. The van der Waals surface area contributed by atoms with E-state index < -0.39 is 24.2 Å². The van der Waals surface area contributed by atoms with Crippen LogP contribution in [-0.2, 0) is 0 Å². The molecule has 58 valence electrons. The first-order valence-electron chi connectivity index (χ1n) is 2.88. The van der Waals surface area contributed by atoms with Gasteiger partial charge in [0.05, 0.1) is 0 Å². The van der Waals surface area contributed by atoms with Gasteiger partial charge in [0, 0.05) is 6.07 Å². The molecule has 13 heavy (non-hydrogen) atoms. The zero-order chi connectivity index (χ0) is 8.43. The summed E-state index contributed by atoms with van der Waals surface area (Å²) in [5.41, 5.74) is -0.550. The van der Waals surface area contributed by atoms with Crippen LogP contribution in [0.3, 0.4) is 0 Å². The first-order chi connectivity index (χ1) is 5.11. The summed E-state index contributed by atoms with van der Waals surface area (Å²) in [5, 5.41) is 20.3. The summed E-state index contributed by atoms with van der Waals surface area (Å²) in [4.78, 5) is 0. The normalized spacial score (nSPS) is 8.31. The van der Waals surface area contributed by atoms with Crippen LogP contribution in [-0.4, -0.2) is 7.12 Å². The molecule has 0 saturated heterocycles. The van der Waals surface area contributed by atoms with Crippen molar-refractivity contribution in [1.29, 1.82) is 0 Å². The SMILES string of the molecule is [Na+].[Na+].[O-]B([O-])c1ccc(F)cc1F. The number of hydrogen-bond donors (Lipinski definition) is 0. The Morgan fingerprint density at radius 2 is 1.62 bits per heavy atom. The van der Waals surface area contributed by atoms with Crippen molar-refractivity contribution < 1.29 is 77.9 Å². The van der Waals surface area contributed by atoms with Gasteiger partial charge in [-0.25, -0.2) is 8.78 Å². The molecule has 0 unspecified atom stereocenters. The summed E-state index contributed by atoms with van der Waals surface area (Å²) < 4.78 is 24.6. The molecule has 1 rings (SSSR count). The predicted octanol–water partition coefficient (Wildman–Crippen LogP) is -7.61. The largest absolute Gasteiger partial charge is 1.00 e. The van der Waals surface area contributed by atoms with Crippen molar-refractivity contribution in [3.8, 4) is 0 Å². The van der Waals surface area contributed by atoms with Gasteiger partial charge in [-0.15, -0.1) is 0 Å². The van der Waals surface area contributed by atoms with Crippen LogP contribution >= 0.6 is 0 Å². The van der Waals surface area contributed by atoms with Gasteiger partial charge in [0.2, 0.25) is 0 Å². The molecule has 0 saturated carbocycles. The third-order valence-corrected chi connectivity index (χ3v) is 1.22. The molecule has 0 bridgehead atoms. The summed E-state index contributed by atoms with van der Waals surface area (Å²) in [6.45, 7) is 0. The van der Waals surface area contributed by atoms with Crippen LogP contribution < -0.4 is 74.6 Å². The van der Waals surface area contributed by atoms with E-state index in [4.69, 9.17) is 0 Å². The molecule has 7 heteroatoms. The van der Waals surface area contributed by atoms with Gasteiger partial charge in [-0.1, -0.05) is 18.6 Å². The smallest absolute Gasteiger partial charge is 0.889 e. The fourth-order valence-electron chi connectivity index (χ4n) is 0.693. The number of hydrogen-bond acceptors (Lipinski definition) is 2. The van der Waals surface area contributed by atoms with Crippen molar-refractivity contribution in [2.24, 2.45) is 0 Å². The molecule has 0 fully saturated rings. The molecule has 0 radical (unpaired) electrons. The van der Waals surface area contributed by atoms with Crippen LogP contribution in [0.4, 0.5) is 8.78 Å². The van der Waals surface area contributed by atoms with Gasteiger partial charge in [-0.3, -0.25) is 0 Å². The van der Waals surface area contributed by atoms with E-state index >= 15 is 0 Å². The minimum Gasteiger partial charge on any atom is -0.889 e. The Bertz CT molecular complexity index is 273. The molecule has 0 atom stereocenters. The first-order valence-corrected chi connectivity index (χ1v) is 2.88. The van der Waals surface area contributed by atoms with Gasteiger partial charge in [0.15, 0.2) is 0 Å². The fourth-order valence-corrected chi connectivity index (χ4v) is 0.693. The maximum absolute atomic E-state index is 12.5. The quantitative estimate of drug-likeness (QED) is 0.424. The van der Waals surface area contributed by atoms with Gasteiger partial charge in [-0.2, -0.15) is 0 Å². The minimum absolute atomic E-state index is 0. The Balaban J connectivity index is 0. The van der Waals surface area contributed by atoms with Crippen LogP contribution in [0.1, 0.15) is 0 Å². The van der Waals surface area contributed by atoms with Crippen molar-refractivity contribution in [1.82, 2.24) is 0 Å². The third kappa shape index (κ3) is 4.90. The number of halogens is 2. The maximum Gasteiger partial charge on any atom is 1.00 e. The monoisotopic (exact) mass is 202 g/mol. The first kappa shape index (κ1) is 16.5. The van der Waals surface area contributed by atoms with E-state index in [1.807, 2.05) is 0 Å². The van der Waals surface area contributed by atoms with Crippen molar-refractivity contribution in [2.45, 2.75) is 0 Å². The summed E-state index contributed by atoms with van der Waals surface area (Å²) in [5.74, 6) is -1.88. The zero-order valence-corrected chi connectivity index (χ0v) is 11.4. The van der Waals surface area contributed by atoms with Crippen LogP contribution in [0, 0.1) is 11.6 Å². The molecule has 0 amide bonds. The van der Waals surface area contributed by atoms with Gasteiger partial charge in [0.1, 0.15) is 11.6 Å². The Morgan fingerprint density at radius 3 is 2.00 bits per heavy atom. The predicted molar refractivity (Wildman–Crippen MR) is 31.7 cm³/mol. The van der Waals surface area contributed by atoms with E-state index in [0.717, 1.165) is 12.1 Å². The Hall–Kier alpha value is 1.06. The number of benzene rings is 1. The van der Waals surface area contributed by atoms with Gasteiger partial charge in [0.25, 0.3) is 0 Å². The molecular weight excluding hydrogens is 199 g/mol. The summed E-state index contributed by atoms with van der Waals surface area (Å²) in [6.07, 6.45) is 0. The van der Waals surface area contributed by atoms with Crippen LogP contribution in [0.15, 0.2) is 18.2 Å². The summed E-state index contributed by atoms with van der Waals surface area (Å²) >= 11 is 0. The molecule has 0 aliphatic heterocycles. The topological polar surface area (TPSA) is 46.1 Å². The fraction of sp³-hybridized carbons (Fsp3) is 0. The maximum atomic E-state index is 12.5. The van der Waals surface area contributed by atoms with Crippen molar-refractivity contribution in [3.05, 3.63) is 29.8 Å². The number of rotatable bonds is 1. The van der Waals surface area contributed by atoms with Crippen molar-refractivity contribution in [2.75, 3.05) is 0 Å². The Labute approximate surface area is 119 Å². The second-order valence-corrected chi connectivity index (χ2v) is 2.00. The molecule has 0 spiro atoms. The molecule has 0 aliphatic rings. The second-order valence-electron chi connectivity index (χ2n) is 2.00. The second kappa shape index (κ2) is 7.37. The van der Waals surface area contributed by atoms with Crippen molar-refractivity contribution in [3.63, 3.8) is 0 Å². The molecule has 0 aromatic heterocycles. The third-order valence-electron chi connectivity index (χ3n) is 1.22. The molecule has 1 aromatic rings. The minimum atomic E-state index is -2.39. The average molecular weight is 202 g/mol. The van der Waals surface area contributed by atoms with Crippen LogP contribution in [0.2, 0.25) is 0 Å². The van der Waals surface area contributed by atoms with E-state index in [9.17, 15) is 18.8 Å². The molecule has 0 heterocycles. The van der Waals surface area contributed by atoms with Crippen LogP contribution in [0.25, 0.3) is 0 Å². The summed E-state index contributed by atoms with van der Waals surface area (Å²) in [6, 6.07) is 2.24.